The second-order valence-electron chi connectivity index (χ2n) is 6.15. The molecule has 0 saturated heterocycles. The molecule has 1 amide bonds. The molecule has 3 aromatic rings. The number of hydrogen-bond acceptors (Lipinski definition) is 4. The number of aryl methyl sites for hydroxylation is 1. The molecular weight excluding hydrogens is 360 g/mol. The summed E-state index contributed by atoms with van der Waals surface area (Å²) in [5.41, 5.74) is 3.48. The Bertz CT molecular complexity index is 910. The highest BCUT2D eigenvalue weighted by atomic mass is 35.5. The van der Waals surface area contributed by atoms with E-state index in [1.807, 2.05) is 24.3 Å². The molecular formula is C21H21ClN4O. The fraction of sp³-hybridized carbons (Fsp3) is 0.190. The summed E-state index contributed by atoms with van der Waals surface area (Å²) in [6, 6.07) is 15.5. The van der Waals surface area contributed by atoms with Crippen LogP contribution in [0.25, 0.3) is 0 Å². The van der Waals surface area contributed by atoms with Gasteiger partial charge in [-0.25, -0.2) is 9.97 Å². The molecule has 0 fully saturated rings. The number of halogens is 1. The number of aromatic nitrogens is 2. The number of benzene rings is 2. The van der Waals surface area contributed by atoms with Gasteiger partial charge in [-0.05, 0) is 49.2 Å². The van der Waals surface area contributed by atoms with Gasteiger partial charge in [-0.3, -0.25) is 4.79 Å². The van der Waals surface area contributed by atoms with E-state index in [1.165, 1.54) is 11.8 Å². The van der Waals surface area contributed by atoms with E-state index in [9.17, 15) is 4.79 Å². The van der Waals surface area contributed by atoms with Crippen molar-refractivity contribution in [3.8, 4) is 0 Å². The lowest BCUT2D eigenvalue weighted by Gasteiger charge is -2.22. The number of nitrogens with zero attached hydrogens (tertiary/aromatic N) is 3. The highest BCUT2D eigenvalue weighted by molar-refractivity contribution is 6.30. The summed E-state index contributed by atoms with van der Waals surface area (Å²) in [7, 11) is 0. The molecule has 2 aromatic carbocycles. The first-order chi connectivity index (χ1) is 13.1. The van der Waals surface area contributed by atoms with Gasteiger partial charge in [0.15, 0.2) is 5.82 Å². The molecule has 138 valence electrons. The fourth-order valence-electron chi connectivity index (χ4n) is 2.73. The quantitative estimate of drug-likeness (QED) is 0.682. The lowest BCUT2D eigenvalue weighted by atomic mass is 10.2. The Labute approximate surface area is 164 Å². The zero-order valence-corrected chi connectivity index (χ0v) is 16.1. The lowest BCUT2D eigenvalue weighted by Crippen LogP contribution is -2.24. The number of rotatable bonds is 6. The molecule has 27 heavy (non-hydrogen) atoms. The summed E-state index contributed by atoms with van der Waals surface area (Å²) in [6.45, 7) is 5.26. The normalized spacial score (nSPS) is 10.5. The van der Waals surface area contributed by atoms with Crippen LogP contribution in [0.5, 0.6) is 0 Å². The molecule has 5 nitrogen and oxygen atoms in total. The van der Waals surface area contributed by atoms with Crippen LogP contribution in [0.1, 0.15) is 28.5 Å². The third kappa shape index (κ3) is 4.83. The van der Waals surface area contributed by atoms with Gasteiger partial charge < -0.3 is 10.2 Å². The molecule has 1 heterocycles. The van der Waals surface area contributed by atoms with Gasteiger partial charge in [0.05, 0.1) is 12.4 Å². The van der Waals surface area contributed by atoms with Gasteiger partial charge in [0, 0.05) is 23.8 Å². The average molecular weight is 381 g/mol. The van der Waals surface area contributed by atoms with Crippen LogP contribution >= 0.6 is 11.6 Å². The van der Waals surface area contributed by atoms with Gasteiger partial charge in [-0.1, -0.05) is 35.9 Å². The van der Waals surface area contributed by atoms with Gasteiger partial charge in [0.2, 0.25) is 0 Å². The maximum absolute atomic E-state index is 12.3. The monoisotopic (exact) mass is 380 g/mol. The standard InChI is InChI=1S/C21H21ClN4O/c1-3-26(18-6-4-5-15(2)11-18)20-14-23-19(13-24-20)21(27)25-12-16-7-9-17(22)10-8-16/h4-11,13-14H,3,12H2,1-2H3,(H,25,27). The van der Waals surface area contributed by atoms with E-state index < -0.39 is 0 Å². The molecule has 0 spiro atoms. The number of amides is 1. The Balaban J connectivity index is 1.68. The van der Waals surface area contributed by atoms with Crippen LogP contribution in [0, 0.1) is 6.92 Å². The van der Waals surface area contributed by atoms with Gasteiger partial charge in [-0.15, -0.1) is 0 Å². The molecule has 0 saturated carbocycles. The summed E-state index contributed by atoms with van der Waals surface area (Å²) >= 11 is 5.87. The fourth-order valence-corrected chi connectivity index (χ4v) is 2.85. The van der Waals surface area contributed by atoms with E-state index in [0.717, 1.165) is 17.8 Å². The maximum atomic E-state index is 12.3. The van der Waals surface area contributed by atoms with E-state index in [0.29, 0.717) is 17.4 Å². The van der Waals surface area contributed by atoms with Crippen LogP contribution in [-0.2, 0) is 6.54 Å². The van der Waals surface area contributed by atoms with E-state index >= 15 is 0 Å². The third-order valence-electron chi connectivity index (χ3n) is 4.14. The minimum Gasteiger partial charge on any atom is -0.347 e. The zero-order valence-electron chi connectivity index (χ0n) is 15.3. The van der Waals surface area contributed by atoms with Crippen molar-refractivity contribution in [2.45, 2.75) is 20.4 Å². The van der Waals surface area contributed by atoms with Crippen molar-refractivity contribution in [1.29, 1.82) is 0 Å². The van der Waals surface area contributed by atoms with Crippen LogP contribution in [0.3, 0.4) is 0 Å². The minimum absolute atomic E-state index is 0.261. The molecule has 6 heteroatoms. The molecule has 0 bridgehead atoms. The van der Waals surface area contributed by atoms with Crippen LogP contribution < -0.4 is 10.2 Å². The zero-order chi connectivity index (χ0) is 19.2. The first-order valence-electron chi connectivity index (χ1n) is 8.75. The van der Waals surface area contributed by atoms with Crippen LogP contribution in [0.4, 0.5) is 11.5 Å². The van der Waals surface area contributed by atoms with Crippen molar-refractivity contribution >= 4 is 29.0 Å². The average Bonchev–Trinajstić information content (AvgIpc) is 2.68. The predicted octanol–water partition coefficient (Wildman–Crippen LogP) is 4.53. The molecule has 0 aliphatic carbocycles. The van der Waals surface area contributed by atoms with E-state index in [4.69, 9.17) is 11.6 Å². The predicted molar refractivity (Wildman–Crippen MR) is 109 cm³/mol. The Morgan fingerprint density at radius 3 is 2.52 bits per heavy atom. The maximum Gasteiger partial charge on any atom is 0.271 e. The van der Waals surface area contributed by atoms with E-state index in [1.54, 1.807) is 18.3 Å². The first kappa shape index (κ1) is 18.9. The van der Waals surface area contributed by atoms with E-state index in [2.05, 4.69) is 46.2 Å². The molecule has 0 atom stereocenters. The van der Waals surface area contributed by atoms with Gasteiger partial charge in [0.25, 0.3) is 5.91 Å². The SMILES string of the molecule is CCN(c1cccc(C)c1)c1cnc(C(=O)NCc2ccc(Cl)cc2)cn1. The molecule has 0 aliphatic heterocycles. The number of anilines is 2. The largest absolute Gasteiger partial charge is 0.347 e. The second kappa shape index (κ2) is 8.64. The summed E-state index contributed by atoms with van der Waals surface area (Å²) < 4.78 is 0. The van der Waals surface area contributed by atoms with Crippen molar-refractivity contribution in [2.24, 2.45) is 0 Å². The van der Waals surface area contributed by atoms with Crippen LogP contribution in [0.2, 0.25) is 5.02 Å². The van der Waals surface area contributed by atoms with Crippen molar-refractivity contribution in [3.05, 3.63) is 82.8 Å². The summed E-state index contributed by atoms with van der Waals surface area (Å²) in [5, 5.41) is 3.51. The number of hydrogen-bond donors (Lipinski definition) is 1. The number of carbonyl (C=O) groups excluding carboxylic acids is 1. The highest BCUT2D eigenvalue weighted by Gasteiger charge is 2.12. The summed E-state index contributed by atoms with van der Waals surface area (Å²) in [5.74, 6) is 0.444. The molecule has 0 unspecified atom stereocenters. The van der Waals surface area contributed by atoms with Gasteiger partial charge >= 0.3 is 0 Å². The second-order valence-corrected chi connectivity index (χ2v) is 6.59. The van der Waals surface area contributed by atoms with Crippen molar-refractivity contribution in [2.75, 3.05) is 11.4 Å². The topological polar surface area (TPSA) is 58.1 Å². The molecule has 0 radical (unpaired) electrons. The van der Waals surface area contributed by atoms with Crippen molar-refractivity contribution in [1.82, 2.24) is 15.3 Å². The van der Waals surface area contributed by atoms with Crippen LogP contribution in [-0.4, -0.2) is 22.4 Å². The molecule has 3 rings (SSSR count). The third-order valence-corrected chi connectivity index (χ3v) is 4.40. The first-order valence-corrected chi connectivity index (χ1v) is 9.13. The summed E-state index contributed by atoms with van der Waals surface area (Å²) in [6.07, 6.45) is 3.13. The molecule has 0 aliphatic rings. The van der Waals surface area contributed by atoms with Gasteiger partial charge in [-0.2, -0.15) is 0 Å². The molecule has 1 N–H and O–H groups in total. The minimum atomic E-state index is -0.261. The Morgan fingerprint density at radius 1 is 1.11 bits per heavy atom. The van der Waals surface area contributed by atoms with Gasteiger partial charge in [0.1, 0.15) is 5.69 Å². The van der Waals surface area contributed by atoms with Crippen molar-refractivity contribution < 1.29 is 4.79 Å². The van der Waals surface area contributed by atoms with Crippen LogP contribution in [0.15, 0.2) is 60.9 Å². The smallest absolute Gasteiger partial charge is 0.271 e. The Morgan fingerprint density at radius 2 is 1.89 bits per heavy atom. The lowest BCUT2D eigenvalue weighted by molar-refractivity contribution is 0.0945. The number of carbonyl (C=O) groups is 1. The number of nitrogens with one attached hydrogen (secondary N) is 1. The Hall–Kier alpha value is -2.92. The van der Waals surface area contributed by atoms with Crippen molar-refractivity contribution in [3.63, 3.8) is 0 Å². The Kier molecular flexibility index (Phi) is 6.04. The molecule has 1 aromatic heterocycles. The summed E-state index contributed by atoms with van der Waals surface area (Å²) in [4.78, 5) is 23.1. The highest BCUT2D eigenvalue weighted by Crippen LogP contribution is 2.23. The van der Waals surface area contributed by atoms with E-state index in [-0.39, 0.29) is 11.6 Å².